The summed E-state index contributed by atoms with van der Waals surface area (Å²) in [5.41, 5.74) is 0.329. The van der Waals surface area contributed by atoms with Gasteiger partial charge in [-0.2, -0.15) is 4.68 Å². The maximum absolute atomic E-state index is 12.5. The Hall–Kier alpha value is -2.44. The molecule has 1 aliphatic carbocycles. The number of hydrogen-bond donors (Lipinski definition) is 0. The van der Waals surface area contributed by atoms with Gasteiger partial charge in [0.25, 0.3) is 0 Å². The molecule has 1 fully saturated rings. The molecule has 2 aromatic rings. The van der Waals surface area contributed by atoms with Crippen LogP contribution in [0.3, 0.4) is 0 Å². The fraction of sp³-hybridized carbons (Fsp3) is 0.556. The molecule has 1 aromatic heterocycles. The molecule has 0 N–H and O–H groups in total. The van der Waals surface area contributed by atoms with Crippen molar-refractivity contribution in [3.63, 3.8) is 0 Å². The molecule has 0 radical (unpaired) electrons. The lowest BCUT2D eigenvalue weighted by Crippen LogP contribution is -2.51. The molecule has 0 bridgehead atoms. The normalized spacial score (nSPS) is 23.2. The van der Waals surface area contributed by atoms with Crippen molar-refractivity contribution >= 4 is 6.09 Å². The quantitative estimate of drug-likeness (QED) is 0.852. The van der Waals surface area contributed by atoms with E-state index in [1.807, 2.05) is 37.3 Å². The maximum Gasteiger partial charge on any atom is 0.410 e. The van der Waals surface area contributed by atoms with Gasteiger partial charge in [-0.25, -0.2) is 4.79 Å². The first-order chi connectivity index (χ1) is 12.1. The molecule has 0 unspecified atom stereocenters. The number of nitrogens with zero attached hydrogens (tertiary/aromatic N) is 5. The zero-order chi connectivity index (χ0) is 17.9. The number of rotatable bonds is 4. The highest BCUT2D eigenvalue weighted by Gasteiger charge is 2.46. The van der Waals surface area contributed by atoms with E-state index in [-0.39, 0.29) is 6.09 Å². The van der Waals surface area contributed by atoms with Crippen molar-refractivity contribution in [1.82, 2.24) is 25.1 Å². The monoisotopic (exact) mass is 343 g/mol. The van der Waals surface area contributed by atoms with Gasteiger partial charge in [0.15, 0.2) is 5.82 Å². The van der Waals surface area contributed by atoms with Crippen molar-refractivity contribution in [1.29, 1.82) is 0 Å². The molecule has 1 aromatic carbocycles. The fourth-order valence-electron chi connectivity index (χ4n) is 3.56. The van der Waals surface area contributed by atoms with E-state index in [2.05, 4.69) is 22.4 Å². The van der Waals surface area contributed by atoms with Crippen LogP contribution in [0.2, 0.25) is 0 Å². The van der Waals surface area contributed by atoms with Crippen molar-refractivity contribution in [2.75, 3.05) is 13.7 Å². The number of carbonyl (C=O) groups excluding carboxylic acids is 1. The number of ether oxygens (including phenoxy) is 1. The lowest BCUT2D eigenvalue weighted by atomic mass is 9.75. The standard InChI is InChI=1S/C18H25N5O2/c1-4-25-17(24)22(3)18(12-10-14(2)11-13-18)16-19-20-21-23(16)15-8-6-5-7-9-15/h5-9,14H,4,10-13H2,1-3H3. The molecule has 7 nitrogen and oxygen atoms in total. The first-order valence-electron chi connectivity index (χ1n) is 8.83. The first kappa shape index (κ1) is 17.4. The number of benzene rings is 1. The number of aromatic nitrogens is 4. The minimum Gasteiger partial charge on any atom is -0.450 e. The molecular formula is C18H25N5O2. The van der Waals surface area contributed by atoms with Crippen LogP contribution in [-0.2, 0) is 10.3 Å². The van der Waals surface area contributed by atoms with E-state index < -0.39 is 5.54 Å². The van der Waals surface area contributed by atoms with Crippen LogP contribution in [0.15, 0.2) is 30.3 Å². The summed E-state index contributed by atoms with van der Waals surface area (Å²) in [5, 5.41) is 12.4. The predicted molar refractivity (Wildman–Crippen MR) is 93.2 cm³/mol. The Morgan fingerprint density at radius 2 is 2.00 bits per heavy atom. The van der Waals surface area contributed by atoms with Crippen molar-refractivity contribution in [2.24, 2.45) is 5.92 Å². The summed E-state index contributed by atoms with van der Waals surface area (Å²) in [5.74, 6) is 1.32. The third-order valence-electron chi connectivity index (χ3n) is 5.17. The largest absolute Gasteiger partial charge is 0.450 e. The van der Waals surface area contributed by atoms with Crippen LogP contribution in [0.25, 0.3) is 5.69 Å². The van der Waals surface area contributed by atoms with Crippen LogP contribution >= 0.6 is 0 Å². The molecule has 0 saturated heterocycles. The molecule has 1 heterocycles. The second kappa shape index (κ2) is 7.21. The van der Waals surface area contributed by atoms with Crippen LogP contribution in [0.5, 0.6) is 0 Å². The number of carbonyl (C=O) groups is 1. The van der Waals surface area contributed by atoms with Gasteiger partial charge < -0.3 is 4.74 Å². The molecule has 1 saturated carbocycles. The molecule has 134 valence electrons. The van der Waals surface area contributed by atoms with Gasteiger partial charge in [0, 0.05) is 7.05 Å². The summed E-state index contributed by atoms with van der Waals surface area (Å²) in [7, 11) is 1.79. The van der Waals surface area contributed by atoms with Gasteiger partial charge in [0.2, 0.25) is 0 Å². The Morgan fingerprint density at radius 3 is 2.64 bits per heavy atom. The van der Waals surface area contributed by atoms with Crippen molar-refractivity contribution in [3.05, 3.63) is 36.2 Å². The van der Waals surface area contributed by atoms with E-state index in [1.165, 1.54) is 0 Å². The van der Waals surface area contributed by atoms with Gasteiger partial charge >= 0.3 is 6.09 Å². The lowest BCUT2D eigenvalue weighted by molar-refractivity contribution is 0.0311. The Labute approximate surface area is 148 Å². The van der Waals surface area contributed by atoms with E-state index in [1.54, 1.807) is 16.6 Å². The lowest BCUT2D eigenvalue weighted by Gasteiger charge is -2.44. The summed E-state index contributed by atoms with van der Waals surface area (Å²) < 4.78 is 7.00. The van der Waals surface area contributed by atoms with E-state index in [0.29, 0.717) is 18.3 Å². The van der Waals surface area contributed by atoms with Crippen LogP contribution in [0.1, 0.15) is 45.4 Å². The van der Waals surface area contributed by atoms with E-state index >= 15 is 0 Å². The number of amides is 1. The fourth-order valence-corrected chi connectivity index (χ4v) is 3.56. The summed E-state index contributed by atoms with van der Waals surface area (Å²) in [6.45, 7) is 4.41. The highest BCUT2D eigenvalue weighted by Crippen LogP contribution is 2.43. The van der Waals surface area contributed by atoms with Crippen LogP contribution in [-0.4, -0.2) is 44.9 Å². The predicted octanol–water partition coefficient (Wildman–Crippen LogP) is 3.16. The smallest absolute Gasteiger partial charge is 0.410 e. The molecule has 0 spiro atoms. The Balaban J connectivity index is 2.05. The molecular weight excluding hydrogens is 318 g/mol. The van der Waals surface area contributed by atoms with Crippen LogP contribution in [0, 0.1) is 5.92 Å². The first-order valence-corrected chi connectivity index (χ1v) is 8.83. The SMILES string of the molecule is CCOC(=O)N(C)C1(c2nnnn2-c2ccccc2)CCC(C)CC1. The average Bonchev–Trinajstić information content (AvgIpc) is 3.13. The highest BCUT2D eigenvalue weighted by molar-refractivity contribution is 5.68. The zero-order valence-electron chi connectivity index (χ0n) is 15.1. The highest BCUT2D eigenvalue weighted by atomic mass is 16.6. The molecule has 3 rings (SSSR count). The molecule has 25 heavy (non-hydrogen) atoms. The number of hydrogen-bond acceptors (Lipinski definition) is 5. The van der Waals surface area contributed by atoms with Gasteiger partial charge in [-0.3, -0.25) is 4.90 Å². The van der Waals surface area contributed by atoms with E-state index in [0.717, 1.165) is 31.4 Å². The van der Waals surface area contributed by atoms with Crippen molar-refractivity contribution in [3.8, 4) is 5.69 Å². The van der Waals surface area contributed by atoms with Gasteiger partial charge in [0.05, 0.1) is 12.3 Å². The van der Waals surface area contributed by atoms with E-state index in [9.17, 15) is 4.79 Å². The van der Waals surface area contributed by atoms with Crippen LogP contribution < -0.4 is 0 Å². The average molecular weight is 343 g/mol. The van der Waals surface area contributed by atoms with Gasteiger partial charge in [-0.1, -0.05) is 25.1 Å². The van der Waals surface area contributed by atoms with E-state index in [4.69, 9.17) is 4.74 Å². The summed E-state index contributed by atoms with van der Waals surface area (Å²) in [6, 6.07) is 9.78. The molecule has 1 amide bonds. The second-order valence-corrected chi connectivity index (χ2v) is 6.72. The summed E-state index contributed by atoms with van der Waals surface area (Å²) >= 11 is 0. The minimum atomic E-state index is -0.557. The third-order valence-corrected chi connectivity index (χ3v) is 5.17. The van der Waals surface area contributed by atoms with Crippen molar-refractivity contribution < 1.29 is 9.53 Å². The second-order valence-electron chi connectivity index (χ2n) is 6.72. The number of para-hydroxylation sites is 1. The summed E-state index contributed by atoms with van der Waals surface area (Å²) in [4.78, 5) is 14.2. The van der Waals surface area contributed by atoms with Crippen LogP contribution in [0.4, 0.5) is 4.79 Å². The van der Waals surface area contributed by atoms with Gasteiger partial charge in [0.1, 0.15) is 5.54 Å². The topological polar surface area (TPSA) is 73.1 Å². The number of tetrazole rings is 1. The van der Waals surface area contributed by atoms with Gasteiger partial charge in [-0.05, 0) is 61.1 Å². The third kappa shape index (κ3) is 3.23. The Kier molecular flexibility index (Phi) is 5.01. The zero-order valence-corrected chi connectivity index (χ0v) is 15.1. The molecule has 1 aliphatic rings. The Bertz CT molecular complexity index is 707. The Morgan fingerprint density at radius 1 is 1.32 bits per heavy atom. The van der Waals surface area contributed by atoms with Crippen molar-refractivity contribution in [2.45, 2.75) is 45.1 Å². The molecule has 0 aliphatic heterocycles. The summed E-state index contributed by atoms with van der Waals surface area (Å²) in [6.07, 6.45) is 3.34. The molecule has 0 atom stereocenters. The minimum absolute atomic E-state index is 0.334. The molecule has 7 heteroatoms. The van der Waals surface area contributed by atoms with Gasteiger partial charge in [-0.15, -0.1) is 5.10 Å². The maximum atomic E-state index is 12.5.